The smallest absolute Gasteiger partial charge is 0.329 e. The molecule has 0 spiro atoms. The van der Waals surface area contributed by atoms with Gasteiger partial charge in [0.25, 0.3) is 5.69 Å². The molecule has 0 aromatic heterocycles. The number of esters is 1. The number of imide groups is 1. The van der Waals surface area contributed by atoms with Crippen LogP contribution in [0.1, 0.15) is 36.5 Å². The number of ether oxygens (including phenoxy) is 1. The molecule has 0 N–H and O–H groups in total. The van der Waals surface area contributed by atoms with Crippen molar-refractivity contribution in [2.75, 3.05) is 6.61 Å². The highest BCUT2D eigenvalue weighted by Gasteiger charge is 2.62. The summed E-state index contributed by atoms with van der Waals surface area (Å²) in [6, 6.07) is 3.84. The number of Topliss-reactive ketones (excluding diaryl/α,β-unsaturated/α-hetero) is 1. The zero-order valence-corrected chi connectivity index (χ0v) is 15.8. The zero-order valence-electron chi connectivity index (χ0n) is 15.8. The molecule has 29 heavy (non-hydrogen) atoms. The van der Waals surface area contributed by atoms with Crippen LogP contribution in [-0.4, -0.2) is 46.0 Å². The van der Waals surface area contributed by atoms with E-state index < -0.39 is 29.3 Å². The summed E-state index contributed by atoms with van der Waals surface area (Å²) >= 11 is 0. The largest absolute Gasteiger partial charge is 0.456 e. The molecule has 2 amide bonds. The van der Waals surface area contributed by atoms with Crippen molar-refractivity contribution in [1.29, 1.82) is 0 Å². The van der Waals surface area contributed by atoms with E-state index in [4.69, 9.17) is 4.74 Å². The van der Waals surface area contributed by atoms with Gasteiger partial charge in [0.05, 0.1) is 16.8 Å². The molecule has 2 aliphatic carbocycles. The molecule has 5 atom stereocenters. The van der Waals surface area contributed by atoms with Gasteiger partial charge in [0.15, 0.2) is 12.4 Å². The van der Waals surface area contributed by atoms with Gasteiger partial charge in [0.2, 0.25) is 11.8 Å². The minimum atomic E-state index is -1.09. The van der Waals surface area contributed by atoms with Crippen LogP contribution in [0.2, 0.25) is 0 Å². The molecule has 1 aromatic rings. The lowest BCUT2D eigenvalue weighted by Crippen LogP contribution is -2.45. The molecule has 152 valence electrons. The summed E-state index contributed by atoms with van der Waals surface area (Å²) in [7, 11) is 0. The Morgan fingerprint density at radius 2 is 1.69 bits per heavy atom. The lowest BCUT2D eigenvalue weighted by Gasteiger charge is -2.22. The van der Waals surface area contributed by atoms with Gasteiger partial charge in [-0.15, -0.1) is 0 Å². The maximum atomic E-state index is 12.8. The highest BCUT2D eigenvalue weighted by molar-refractivity contribution is 6.08. The van der Waals surface area contributed by atoms with E-state index in [1.165, 1.54) is 31.2 Å². The molecule has 1 heterocycles. The van der Waals surface area contributed by atoms with E-state index in [1.54, 1.807) is 0 Å². The number of hydrogen-bond acceptors (Lipinski definition) is 7. The van der Waals surface area contributed by atoms with Crippen molar-refractivity contribution in [3.8, 4) is 0 Å². The number of benzene rings is 1. The maximum Gasteiger partial charge on any atom is 0.329 e. The number of fused-ring (bicyclic) bond motifs is 5. The highest BCUT2D eigenvalue weighted by Crippen LogP contribution is 2.56. The lowest BCUT2D eigenvalue weighted by molar-refractivity contribution is -0.384. The van der Waals surface area contributed by atoms with Crippen molar-refractivity contribution < 1.29 is 28.8 Å². The van der Waals surface area contributed by atoms with Crippen molar-refractivity contribution in [2.24, 2.45) is 23.7 Å². The summed E-state index contributed by atoms with van der Waals surface area (Å²) in [5.74, 6) is -2.17. The summed E-state index contributed by atoms with van der Waals surface area (Å²) in [4.78, 5) is 61.2. The monoisotopic (exact) mass is 400 g/mol. The number of non-ortho nitro benzene ring substituents is 1. The third kappa shape index (κ3) is 3.10. The summed E-state index contributed by atoms with van der Waals surface area (Å²) in [5, 5.41) is 10.7. The van der Waals surface area contributed by atoms with Crippen molar-refractivity contribution >= 4 is 29.3 Å². The first-order chi connectivity index (χ1) is 13.8. The number of rotatable bonds is 6. The Kier molecular flexibility index (Phi) is 4.68. The second-order valence-corrected chi connectivity index (χ2v) is 7.94. The van der Waals surface area contributed by atoms with E-state index in [9.17, 15) is 29.3 Å². The summed E-state index contributed by atoms with van der Waals surface area (Å²) in [6.45, 7) is 0.854. The molecule has 0 radical (unpaired) electrons. The van der Waals surface area contributed by atoms with Gasteiger partial charge in [-0.25, -0.2) is 4.79 Å². The first kappa shape index (κ1) is 19.2. The molecule has 9 heteroatoms. The Labute approximate surface area is 166 Å². The standard InChI is InChI=1S/C20H20N2O7/c1-10(21-18(24)16-12-2-3-13(8-12)17(16)19(21)25)20(26)29-9-15(23)11-4-6-14(7-5-11)22(27)28/h4-7,10,12-13,16-17H,2-3,8-9H2,1H3/t10-,12-,13+,16-,17+/m0/s1. The average molecular weight is 400 g/mol. The van der Waals surface area contributed by atoms with Gasteiger partial charge in [0, 0.05) is 17.7 Å². The normalized spacial score (nSPS) is 28.4. The van der Waals surface area contributed by atoms with Gasteiger partial charge in [-0.3, -0.25) is 29.4 Å². The molecule has 2 bridgehead atoms. The van der Waals surface area contributed by atoms with E-state index in [2.05, 4.69) is 0 Å². The Morgan fingerprint density at radius 1 is 1.14 bits per heavy atom. The van der Waals surface area contributed by atoms with Crippen LogP contribution in [0.3, 0.4) is 0 Å². The number of amides is 2. The number of nitro benzene ring substituents is 1. The molecule has 1 aliphatic heterocycles. The van der Waals surface area contributed by atoms with Gasteiger partial charge in [-0.2, -0.15) is 0 Å². The van der Waals surface area contributed by atoms with Gasteiger partial charge in [-0.1, -0.05) is 0 Å². The maximum absolute atomic E-state index is 12.8. The second-order valence-electron chi connectivity index (χ2n) is 7.94. The van der Waals surface area contributed by atoms with E-state index in [1.807, 2.05) is 0 Å². The molecule has 9 nitrogen and oxygen atoms in total. The van der Waals surface area contributed by atoms with Crippen LogP contribution in [0, 0.1) is 33.8 Å². The predicted molar refractivity (Wildman–Crippen MR) is 97.5 cm³/mol. The molecular formula is C20H20N2O7. The molecule has 3 fully saturated rings. The third-order valence-corrected chi connectivity index (χ3v) is 6.44. The lowest BCUT2D eigenvalue weighted by atomic mass is 9.81. The first-order valence-electron chi connectivity index (χ1n) is 9.60. The van der Waals surface area contributed by atoms with Crippen molar-refractivity contribution in [2.45, 2.75) is 32.2 Å². The van der Waals surface area contributed by atoms with Crippen LogP contribution in [-0.2, 0) is 19.1 Å². The van der Waals surface area contributed by atoms with Crippen molar-refractivity contribution in [3.63, 3.8) is 0 Å². The molecule has 2 saturated carbocycles. The van der Waals surface area contributed by atoms with Crippen LogP contribution >= 0.6 is 0 Å². The Balaban J connectivity index is 1.37. The van der Waals surface area contributed by atoms with Gasteiger partial charge < -0.3 is 4.74 Å². The summed E-state index contributed by atoms with van der Waals surface area (Å²) < 4.78 is 5.03. The molecule has 0 unspecified atom stereocenters. The molecule has 4 rings (SSSR count). The molecular weight excluding hydrogens is 380 g/mol. The number of nitro groups is 1. The van der Waals surface area contributed by atoms with Crippen molar-refractivity contribution in [1.82, 2.24) is 4.90 Å². The predicted octanol–water partition coefficient (Wildman–Crippen LogP) is 1.74. The van der Waals surface area contributed by atoms with Gasteiger partial charge in [-0.05, 0) is 50.2 Å². The molecule has 1 saturated heterocycles. The van der Waals surface area contributed by atoms with E-state index in [0.717, 1.165) is 24.2 Å². The molecule has 1 aromatic carbocycles. The molecule has 3 aliphatic rings. The number of nitrogens with zero attached hydrogens (tertiary/aromatic N) is 2. The van der Waals surface area contributed by atoms with E-state index in [0.29, 0.717) is 0 Å². The fourth-order valence-electron chi connectivity index (χ4n) is 5.03. The second kappa shape index (κ2) is 7.06. The number of likely N-dealkylation sites (tertiary alicyclic amines) is 1. The van der Waals surface area contributed by atoms with E-state index in [-0.39, 0.29) is 46.7 Å². The SMILES string of the molecule is C[C@@H](C(=O)OCC(=O)c1ccc([N+](=O)[O-])cc1)N1C(=O)[C@@H]2[C@@H]3CC[C@@H](C3)[C@@H]2C1=O. The van der Waals surface area contributed by atoms with Crippen LogP contribution < -0.4 is 0 Å². The minimum absolute atomic E-state index is 0.155. The first-order valence-corrected chi connectivity index (χ1v) is 9.60. The van der Waals surface area contributed by atoms with Gasteiger partial charge in [0.1, 0.15) is 6.04 Å². The van der Waals surface area contributed by atoms with Crippen molar-refractivity contribution in [3.05, 3.63) is 39.9 Å². The Hall–Kier alpha value is -3.10. The fourth-order valence-corrected chi connectivity index (χ4v) is 5.03. The summed E-state index contributed by atoms with van der Waals surface area (Å²) in [5.41, 5.74) is 0.00762. The Morgan fingerprint density at radius 3 is 2.21 bits per heavy atom. The number of carbonyl (C=O) groups excluding carboxylic acids is 4. The minimum Gasteiger partial charge on any atom is -0.456 e. The highest BCUT2D eigenvalue weighted by atomic mass is 16.6. The quantitative estimate of drug-likeness (QED) is 0.234. The van der Waals surface area contributed by atoms with Crippen LogP contribution in [0.25, 0.3) is 0 Å². The van der Waals surface area contributed by atoms with Crippen LogP contribution in [0.4, 0.5) is 5.69 Å². The number of hydrogen-bond donors (Lipinski definition) is 0. The average Bonchev–Trinajstić information content (AvgIpc) is 3.39. The van der Waals surface area contributed by atoms with Crippen LogP contribution in [0.15, 0.2) is 24.3 Å². The van der Waals surface area contributed by atoms with E-state index >= 15 is 0 Å². The number of ketones is 1. The van der Waals surface area contributed by atoms with Gasteiger partial charge >= 0.3 is 5.97 Å². The third-order valence-electron chi connectivity index (χ3n) is 6.44. The fraction of sp³-hybridized carbons (Fsp3) is 0.500. The topological polar surface area (TPSA) is 124 Å². The Bertz CT molecular complexity index is 882. The zero-order chi connectivity index (χ0) is 20.9. The van der Waals surface area contributed by atoms with Crippen LogP contribution in [0.5, 0.6) is 0 Å². The number of carbonyl (C=O) groups is 4. The summed E-state index contributed by atoms with van der Waals surface area (Å²) in [6.07, 6.45) is 2.80.